The van der Waals surface area contributed by atoms with Crippen molar-refractivity contribution in [1.29, 1.82) is 0 Å². The molecule has 1 aliphatic carbocycles. The van der Waals surface area contributed by atoms with E-state index >= 15 is 0 Å². The summed E-state index contributed by atoms with van der Waals surface area (Å²) in [5.74, 6) is -1.63. The minimum atomic E-state index is -0.957. The van der Waals surface area contributed by atoms with Crippen LogP contribution in [0.25, 0.3) is 0 Å². The van der Waals surface area contributed by atoms with Gasteiger partial charge < -0.3 is 10.8 Å². The molecule has 2 unspecified atom stereocenters. The smallest absolute Gasteiger partial charge is 0.312 e. The second-order valence-electron chi connectivity index (χ2n) is 3.86. The molecule has 0 aliphatic heterocycles. The summed E-state index contributed by atoms with van der Waals surface area (Å²) in [5, 5.41) is 9.17. The van der Waals surface area contributed by atoms with Crippen LogP contribution in [0.3, 0.4) is 0 Å². The maximum atomic E-state index is 11.2. The molecule has 0 amide bonds. The first-order chi connectivity index (χ1) is 7.64. The predicted octanol–water partition coefficient (Wildman–Crippen LogP) is 1.67. The number of allylic oxidation sites excluding steroid dienone is 2. The van der Waals surface area contributed by atoms with E-state index in [-0.39, 0.29) is 0 Å². The van der Waals surface area contributed by atoms with Gasteiger partial charge in [0.15, 0.2) is 0 Å². The van der Waals surface area contributed by atoms with Gasteiger partial charge in [0.05, 0.1) is 5.54 Å². The summed E-state index contributed by atoms with van der Waals surface area (Å²) < 4.78 is 0. The van der Waals surface area contributed by atoms with Crippen molar-refractivity contribution < 1.29 is 9.90 Å². The van der Waals surface area contributed by atoms with Gasteiger partial charge in [-0.05, 0) is 5.56 Å². The number of nitrogens with two attached hydrogens (primary N) is 1. The third-order valence-electron chi connectivity index (χ3n) is 2.84. The summed E-state index contributed by atoms with van der Waals surface area (Å²) in [6.45, 7) is 0. The number of carboxylic acid groups (broad SMARTS) is 1. The zero-order valence-electron chi connectivity index (χ0n) is 8.71. The van der Waals surface area contributed by atoms with Crippen LogP contribution in [0.1, 0.15) is 5.56 Å². The Kier molecular flexibility index (Phi) is 2.62. The Morgan fingerprint density at radius 3 is 2.56 bits per heavy atom. The molecule has 0 radical (unpaired) electrons. The predicted molar refractivity (Wildman–Crippen MR) is 61.7 cm³/mol. The average Bonchev–Trinajstić information content (AvgIpc) is 2.30. The second-order valence-corrected chi connectivity index (χ2v) is 3.86. The second kappa shape index (κ2) is 3.94. The fourth-order valence-electron chi connectivity index (χ4n) is 1.94. The lowest BCUT2D eigenvalue weighted by Gasteiger charge is -2.32. The van der Waals surface area contributed by atoms with Crippen LogP contribution in [0.15, 0.2) is 54.6 Å². The molecule has 3 N–H and O–H groups in total. The molecule has 82 valence electrons. The molecule has 3 nitrogen and oxygen atoms in total. The zero-order chi connectivity index (χ0) is 11.6. The van der Waals surface area contributed by atoms with Gasteiger partial charge in [-0.3, -0.25) is 4.79 Å². The molecule has 0 saturated heterocycles. The van der Waals surface area contributed by atoms with Gasteiger partial charge in [0, 0.05) is 0 Å². The first-order valence-electron chi connectivity index (χ1n) is 5.08. The molecular weight excluding hydrogens is 202 g/mol. The van der Waals surface area contributed by atoms with Crippen LogP contribution in [0.5, 0.6) is 0 Å². The number of rotatable bonds is 2. The highest BCUT2D eigenvalue weighted by Crippen LogP contribution is 2.32. The molecule has 1 aliphatic rings. The van der Waals surface area contributed by atoms with Gasteiger partial charge in [0.25, 0.3) is 0 Å². The summed E-state index contributed by atoms with van der Waals surface area (Å²) in [5.41, 5.74) is 6.06. The highest BCUT2D eigenvalue weighted by atomic mass is 16.4. The molecule has 1 aromatic carbocycles. The minimum Gasteiger partial charge on any atom is -0.481 e. The van der Waals surface area contributed by atoms with Gasteiger partial charge in [0.1, 0.15) is 5.92 Å². The van der Waals surface area contributed by atoms with Crippen LogP contribution in [-0.2, 0) is 10.3 Å². The van der Waals surface area contributed by atoms with E-state index < -0.39 is 17.4 Å². The highest BCUT2D eigenvalue weighted by Gasteiger charge is 2.38. The van der Waals surface area contributed by atoms with Crippen LogP contribution >= 0.6 is 0 Å². The molecule has 3 heteroatoms. The Bertz CT molecular complexity index is 450. The van der Waals surface area contributed by atoms with E-state index in [1.54, 1.807) is 24.3 Å². The molecule has 0 bridgehead atoms. The largest absolute Gasteiger partial charge is 0.481 e. The Morgan fingerprint density at radius 1 is 1.25 bits per heavy atom. The quantitative estimate of drug-likeness (QED) is 0.788. The number of carbonyl (C=O) groups is 1. The van der Waals surface area contributed by atoms with E-state index in [0.717, 1.165) is 5.56 Å². The normalized spacial score (nSPS) is 27.9. The molecule has 0 aromatic heterocycles. The summed E-state index contributed by atoms with van der Waals surface area (Å²) in [6, 6.07) is 9.29. The van der Waals surface area contributed by atoms with E-state index in [4.69, 9.17) is 5.73 Å². The molecule has 1 aromatic rings. The van der Waals surface area contributed by atoms with Gasteiger partial charge in [-0.2, -0.15) is 0 Å². The van der Waals surface area contributed by atoms with Gasteiger partial charge in [-0.15, -0.1) is 0 Å². The van der Waals surface area contributed by atoms with Crippen molar-refractivity contribution in [3.05, 3.63) is 60.2 Å². The maximum Gasteiger partial charge on any atom is 0.312 e. The van der Waals surface area contributed by atoms with Crippen molar-refractivity contribution in [2.75, 3.05) is 0 Å². The number of benzene rings is 1. The van der Waals surface area contributed by atoms with Crippen LogP contribution < -0.4 is 5.73 Å². The molecule has 0 spiro atoms. The third-order valence-corrected chi connectivity index (χ3v) is 2.84. The average molecular weight is 215 g/mol. The Balaban J connectivity index is 2.47. The van der Waals surface area contributed by atoms with E-state index in [9.17, 15) is 9.90 Å². The van der Waals surface area contributed by atoms with Crippen molar-refractivity contribution in [1.82, 2.24) is 0 Å². The standard InChI is InChI=1S/C13H13NO2/c14-13(10-6-2-1-3-7-10)9-5-4-8-11(13)12(15)16/h1-9,11H,14H2,(H,15,16). The summed E-state index contributed by atoms with van der Waals surface area (Å²) >= 11 is 0. The number of hydrogen-bond acceptors (Lipinski definition) is 2. The van der Waals surface area contributed by atoms with E-state index in [0.29, 0.717) is 0 Å². The molecule has 0 fully saturated rings. The van der Waals surface area contributed by atoms with Crippen LogP contribution in [-0.4, -0.2) is 11.1 Å². The van der Waals surface area contributed by atoms with Gasteiger partial charge in [-0.1, -0.05) is 54.6 Å². The SMILES string of the molecule is NC1(c2ccccc2)C=CC=CC1C(=O)O. The van der Waals surface area contributed by atoms with Crippen molar-refractivity contribution >= 4 is 5.97 Å². The van der Waals surface area contributed by atoms with Crippen LogP contribution in [0.4, 0.5) is 0 Å². The first-order valence-corrected chi connectivity index (χ1v) is 5.08. The lowest BCUT2D eigenvalue weighted by molar-refractivity contribution is -0.141. The highest BCUT2D eigenvalue weighted by molar-refractivity contribution is 5.76. The fraction of sp³-hybridized carbons (Fsp3) is 0.154. The van der Waals surface area contributed by atoms with Gasteiger partial charge in [-0.25, -0.2) is 0 Å². The van der Waals surface area contributed by atoms with Crippen LogP contribution in [0.2, 0.25) is 0 Å². The van der Waals surface area contributed by atoms with E-state index in [1.165, 1.54) is 0 Å². The summed E-state index contributed by atoms with van der Waals surface area (Å²) in [6.07, 6.45) is 6.86. The summed E-state index contributed by atoms with van der Waals surface area (Å²) in [7, 11) is 0. The number of aliphatic carboxylic acids is 1. The number of hydrogen-bond donors (Lipinski definition) is 2. The molecule has 0 saturated carbocycles. The topological polar surface area (TPSA) is 63.3 Å². The third kappa shape index (κ3) is 1.66. The number of carboxylic acids is 1. The molecule has 0 heterocycles. The Morgan fingerprint density at radius 2 is 1.94 bits per heavy atom. The van der Waals surface area contributed by atoms with Crippen LogP contribution in [0, 0.1) is 5.92 Å². The zero-order valence-corrected chi connectivity index (χ0v) is 8.71. The van der Waals surface area contributed by atoms with Crippen molar-refractivity contribution in [3.63, 3.8) is 0 Å². The maximum absolute atomic E-state index is 11.2. The van der Waals surface area contributed by atoms with Crippen molar-refractivity contribution in [2.24, 2.45) is 11.7 Å². The Labute approximate surface area is 93.9 Å². The van der Waals surface area contributed by atoms with E-state index in [1.807, 2.05) is 30.3 Å². The molecule has 2 rings (SSSR count). The van der Waals surface area contributed by atoms with E-state index in [2.05, 4.69) is 0 Å². The summed E-state index contributed by atoms with van der Waals surface area (Å²) in [4.78, 5) is 11.2. The molecular formula is C13H13NO2. The van der Waals surface area contributed by atoms with Crippen molar-refractivity contribution in [3.8, 4) is 0 Å². The monoisotopic (exact) mass is 215 g/mol. The lowest BCUT2D eigenvalue weighted by atomic mass is 9.76. The Hall–Kier alpha value is -1.87. The minimum absolute atomic E-state index is 0.722. The van der Waals surface area contributed by atoms with Gasteiger partial charge in [0.2, 0.25) is 0 Å². The molecule has 2 atom stereocenters. The fourth-order valence-corrected chi connectivity index (χ4v) is 1.94. The lowest BCUT2D eigenvalue weighted by Crippen LogP contribution is -2.46. The van der Waals surface area contributed by atoms with Crippen molar-refractivity contribution in [2.45, 2.75) is 5.54 Å². The first kappa shape index (κ1) is 10.6. The molecule has 16 heavy (non-hydrogen) atoms. The van der Waals surface area contributed by atoms with Gasteiger partial charge >= 0.3 is 5.97 Å².